The molecule has 0 radical (unpaired) electrons. The van der Waals surface area contributed by atoms with E-state index in [9.17, 15) is 57.0 Å². The van der Waals surface area contributed by atoms with Gasteiger partial charge in [-0.2, -0.15) is 38.2 Å². The SMILES string of the molecule is CC1(C)C(/C=C/C2=C3Oc4cc(O)ccc4C(/C=C4/N(CCCCS(=O)(=O)O)c5ccc(S(=O)(=O)O)cc5C4(C)C)=C3CCC2)=[N+](CCCCS(=O)(=O)O)c2ccc(S(=O)(=O)O)cc21. The van der Waals surface area contributed by atoms with Gasteiger partial charge in [-0.3, -0.25) is 18.2 Å². The van der Waals surface area contributed by atoms with Gasteiger partial charge >= 0.3 is 0 Å². The van der Waals surface area contributed by atoms with Crippen LogP contribution in [0, 0.1) is 0 Å². The number of hydrogen-bond acceptors (Lipinski definition) is 11. The standard InChI is InChI=1S/C44H50N2O14S4/c1-43(2)35-25-30(63(54,55)56)14-17-37(35)45(20-5-7-22-61(48,49)50)40(43)19-12-28-10-9-11-33-34(32-16-13-29(47)24-39(32)60-42(28)33)27-41-44(3,4)36-26-31(64(57,58)59)15-18-38(36)46(41)21-6-8-23-62(51,52)53/h12-19,24-27H,5-11,20-23H2,1-4H3,(H4,48,49,50,51,52,53,54,55,56,57,58,59)/p+1/b41-27+. The van der Waals surface area contributed by atoms with Gasteiger partial charge in [-0.15, -0.1) is 0 Å². The number of rotatable bonds is 15. The van der Waals surface area contributed by atoms with Crippen LogP contribution in [-0.4, -0.2) is 91.9 Å². The van der Waals surface area contributed by atoms with Crippen molar-refractivity contribution in [1.29, 1.82) is 0 Å². The van der Waals surface area contributed by atoms with E-state index in [1.165, 1.54) is 30.3 Å². The molecule has 4 aliphatic rings. The zero-order valence-electron chi connectivity index (χ0n) is 35.6. The van der Waals surface area contributed by atoms with Gasteiger partial charge in [0.05, 0.1) is 26.7 Å². The van der Waals surface area contributed by atoms with Crippen LogP contribution in [0.15, 0.2) is 105 Å². The zero-order valence-corrected chi connectivity index (χ0v) is 38.9. The molecule has 3 aromatic carbocycles. The van der Waals surface area contributed by atoms with Crippen molar-refractivity contribution in [3.8, 4) is 11.5 Å². The first-order valence-electron chi connectivity index (χ1n) is 20.6. The molecule has 3 aliphatic heterocycles. The van der Waals surface area contributed by atoms with Gasteiger partial charge in [-0.1, -0.05) is 13.8 Å². The number of allylic oxidation sites excluding steroid dienone is 7. The molecule has 0 amide bonds. The lowest BCUT2D eigenvalue weighted by Gasteiger charge is -2.32. The topological polar surface area (TPSA) is 253 Å². The number of unbranched alkanes of at least 4 members (excludes halogenated alkanes) is 2. The number of nitrogens with zero attached hydrogens (tertiary/aromatic N) is 2. The Kier molecular flexibility index (Phi) is 12.5. The van der Waals surface area contributed by atoms with E-state index in [0.717, 1.165) is 28.1 Å². The monoisotopic (exact) mass is 959 g/mol. The Hall–Kier alpha value is -4.67. The lowest BCUT2D eigenvalue weighted by molar-refractivity contribution is -0.438. The highest BCUT2D eigenvalue weighted by Gasteiger charge is 2.46. The van der Waals surface area contributed by atoms with Gasteiger partial charge in [0.25, 0.3) is 40.5 Å². The van der Waals surface area contributed by atoms with Crippen molar-refractivity contribution in [2.75, 3.05) is 29.5 Å². The van der Waals surface area contributed by atoms with Crippen LogP contribution in [0.1, 0.15) is 89.3 Å². The molecule has 16 nitrogen and oxygen atoms in total. The smallest absolute Gasteiger partial charge is 0.294 e. The summed E-state index contributed by atoms with van der Waals surface area (Å²) in [6, 6.07) is 13.5. The molecule has 0 atom stereocenters. The lowest BCUT2D eigenvalue weighted by atomic mass is 9.80. The minimum absolute atomic E-state index is 0.0376. The zero-order chi connectivity index (χ0) is 46.8. The summed E-state index contributed by atoms with van der Waals surface area (Å²) < 4.78 is 142. The molecule has 3 heterocycles. The molecule has 3 aromatic rings. The van der Waals surface area contributed by atoms with E-state index in [1.807, 2.05) is 55.4 Å². The van der Waals surface area contributed by atoms with Crippen LogP contribution in [0.3, 0.4) is 0 Å². The molecule has 0 saturated heterocycles. The molecule has 0 aromatic heterocycles. The Morgan fingerprint density at radius 1 is 0.719 bits per heavy atom. The Balaban J connectivity index is 1.37. The maximum absolute atomic E-state index is 12.3. The Morgan fingerprint density at radius 2 is 1.34 bits per heavy atom. The summed E-state index contributed by atoms with van der Waals surface area (Å²) in [5.41, 5.74) is 5.50. The Bertz CT molecular complexity index is 3070. The minimum atomic E-state index is -4.56. The summed E-state index contributed by atoms with van der Waals surface area (Å²) >= 11 is 0. The Labute approximate surface area is 374 Å². The van der Waals surface area contributed by atoms with E-state index in [-0.39, 0.29) is 28.4 Å². The van der Waals surface area contributed by atoms with Gasteiger partial charge in [-0.05, 0) is 124 Å². The third-order valence-corrected chi connectivity index (χ3v) is 15.7. The normalized spacial score (nSPS) is 19.0. The van der Waals surface area contributed by atoms with Gasteiger partial charge in [0.1, 0.15) is 23.8 Å². The first-order valence-corrected chi connectivity index (χ1v) is 26.7. The number of benzene rings is 3. The van der Waals surface area contributed by atoms with Crippen LogP contribution in [0.4, 0.5) is 11.4 Å². The van der Waals surface area contributed by atoms with Gasteiger partial charge in [0.2, 0.25) is 5.69 Å². The van der Waals surface area contributed by atoms with E-state index in [0.29, 0.717) is 84.8 Å². The molecule has 64 heavy (non-hydrogen) atoms. The summed E-state index contributed by atoms with van der Waals surface area (Å²) in [5, 5.41) is 10.7. The van der Waals surface area contributed by atoms with Crippen molar-refractivity contribution < 1.29 is 66.3 Å². The average Bonchev–Trinajstić information content (AvgIpc) is 3.52. The van der Waals surface area contributed by atoms with E-state index in [4.69, 9.17) is 4.74 Å². The van der Waals surface area contributed by atoms with Crippen LogP contribution in [-0.2, 0) is 51.3 Å². The molecular formula is C44H51N2O14S4+. The summed E-state index contributed by atoms with van der Waals surface area (Å²) in [5.74, 6) is 0.0226. The largest absolute Gasteiger partial charge is 0.508 e. The van der Waals surface area contributed by atoms with E-state index in [1.54, 1.807) is 24.3 Å². The van der Waals surface area contributed by atoms with E-state index >= 15 is 0 Å². The number of hydrogen-bond donors (Lipinski definition) is 5. The molecule has 0 spiro atoms. The molecule has 1 aliphatic carbocycles. The molecule has 7 rings (SSSR count). The summed E-state index contributed by atoms with van der Waals surface area (Å²) in [6.07, 6.45) is 8.76. The summed E-state index contributed by atoms with van der Waals surface area (Å²) in [4.78, 5) is 1.43. The predicted molar refractivity (Wildman–Crippen MR) is 241 cm³/mol. The van der Waals surface area contributed by atoms with Crippen LogP contribution >= 0.6 is 0 Å². The highest BCUT2D eigenvalue weighted by molar-refractivity contribution is 7.86. The third-order valence-electron chi connectivity index (χ3n) is 12.3. The fraction of sp³-hybridized carbons (Fsp3) is 0.386. The number of fused-ring (bicyclic) bond motifs is 4. The van der Waals surface area contributed by atoms with Crippen LogP contribution in [0.2, 0.25) is 0 Å². The van der Waals surface area contributed by atoms with Crippen molar-refractivity contribution in [3.63, 3.8) is 0 Å². The molecule has 344 valence electrons. The fourth-order valence-corrected chi connectivity index (χ4v) is 11.3. The quantitative estimate of drug-likeness (QED) is 0.0578. The molecule has 0 unspecified atom stereocenters. The number of phenolic OH excluding ortho intramolecular Hbond substituents is 1. The predicted octanol–water partition coefficient (Wildman–Crippen LogP) is 7.12. The average molecular weight is 960 g/mol. The number of aromatic hydroxyl groups is 1. The molecule has 0 saturated carbocycles. The first kappa shape index (κ1) is 47.3. The number of anilines is 1. The summed E-state index contributed by atoms with van der Waals surface area (Å²) in [6.45, 7) is 8.29. The highest BCUT2D eigenvalue weighted by Crippen LogP contribution is 2.52. The maximum atomic E-state index is 12.3. The van der Waals surface area contributed by atoms with Gasteiger partial charge < -0.3 is 14.7 Å². The highest BCUT2D eigenvalue weighted by atomic mass is 32.2. The van der Waals surface area contributed by atoms with Crippen molar-refractivity contribution in [1.82, 2.24) is 0 Å². The number of ether oxygens (including phenoxy) is 1. The van der Waals surface area contributed by atoms with Crippen molar-refractivity contribution in [3.05, 3.63) is 112 Å². The second kappa shape index (κ2) is 17.0. The van der Waals surface area contributed by atoms with Crippen molar-refractivity contribution in [2.24, 2.45) is 0 Å². The van der Waals surface area contributed by atoms with E-state index < -0.39 is 62.8 Å². The second-order valence-corrected chi connectivity index (χ2v) is 23.5. The van der Waals surface area contributed by atoms with Gasteiger partial charge in [-0.25, -0.2) is 0 Å². The van der Waals surface area contributed by atoms with Crippen molar-refractivity contribution in [2.45, 2.75) is 93.3 Å². The van der Waals surface area contributed by atoms with Gasteiger partial charge in [0, 0.05) is 64.7 Å². The molecule has 0 bridgehead atoms. The molecule has 20 heteroatoms. The maximum Gasteiger partial charge on any atom is 0.294 e. The first-order chi connectivity index (χ1) is 29.7. The summed E-state index contributed by atoms with van der Waals surface area (Å²) in [7, 11) is -17.5. The molecular weight excluding hydrogens is 909 g/mol. The van der Waals surface area contributed by atoms with Crippen LogP contribution in [0.5, 0.6) is 11.5 Å². The third kappa shape index (κ3) is 9.65. The van der Waals surface area contributed by atoms with Crippen LogP contribution in [0.25, 0.3) is 5.57 Å². The second-order valence-electron chi connectivity index (χ2n) is 17.5. The fourth-order valence-electron chi connectivity index (χ4n) is 9.17. The molecule has 0 fully saturated rings. The Morgan fingerprint density at radius 3 is 1.98 bits per heavy atom. The van der Waals surface area contributed by atoms with Crippen LogP contribution < -0.4 is 9.64 Å². The number of phenols is 1. The minimum Gasteiger partial charge on any atom is -0.508 e. The van der Waals surface area contributed by atoms with Gasteiger partial charge in [0.15, 0.2) is 5.71 Å². The molecule has 5 N–H and O–H groups in total. The van der Waals surface area contributed by atoms with E-state index in [2.05, 4.69) is 0 Å². The lowest BCUT2D eigenvalue weighted by Crippen LogP contribution is -2.28. The van der Waals surface area contributed by atoms with Crippen molar-refractivity contribution >= 4 is 63.1 Å².